The fourth-order valence-corrected chi connectivity index (χ4v) is 3.29. The Hall–Kier alpha value is -4.00. The summed E-state index contributed by atoms with van der Waals surface area (Å²) in [6.07, 6.45) is -4.84. The highest BCUT2D eigenvalue weighted by molar-refractivity contribution is 6.30. The molecule has 0 saturated heterocycles. The molecule has 1 aromatic heterocycles. The van der Waals surface area contributed by atoms with Crippen LogP contribution in [0.4, 0.5) is 27.8 Å². The number of esters is 1. The molecule has 4 rings (SSSR count). The molecule has 210 valence electrons. The largest absolute Gasteiger partial charge is 0.460 e. The minimum atomic E-state index is -4.84. The number of carbonyl (C=O) groups is 3. The van der Waals surface area contributed by atoms with E-state index in [0.29, 0.717) is 17.2 Å². The van der Waals surface area contributed by atoms with Crippen LogP contribution >= 0.6 is 11.6 Å². The summed E-state index contributed by atoms with van der Waals surface area (Å²) in [5.74, 6) is -4.21. The summed E-state index contributed by atoms with van der Waals surface area (Å²) in [7, 11) is 0. The van der Waals surface area contributed by atoms with E-state index in [-0.39, 0.29) is 48.9 Å². The summed E-state index contributed by atoms with van der Waals surface area (Å²) in [4.78, 5) is 40.1. The SMILES string of the molecule is CC.CCOC(=O)c1nc(NC(=O)c2cc(F)cc(C(F)(F)F)c2)c2n1CC(=O)NC2.Fc1ccc(Cl)cc1. The van der Waals surface area contributed by atoms with Gasteiger partial charge in [0.15, 0.2) is 5.82 Å². The first-order valence-corrected chi connectivity index (χ1v) is 11.9. The number of hydrogen-bond donors (Lipinski definition) is 2. The van der Waals surface area contributed by atoms with Gasteiger partial charge in [-0.15, -0.1) is 0 Å². The number of carbonyl (C=O) groups excluding carboxylic acids is 3. The van der Waals surface area contributed by atoms with Gasteiger partial charge in [-0.3, -0.25) is 9.59 Å². The number of rotatable bonds is 4. The second kappa shape index (κ2) is 13.7. The van der Waals surface area contributed by atoms with Gasteiger partial charge in [0.1, 0.15) is 18.2 Å². The van der Waals surface area contributed by atoms with Gasteiger partial charge in [-0.1, -0.05) is 25.4 Å². The molecular formula is C25H24ClF5N4O4. The lowest BCUT2D eigenvalue weighted by molar-refractivity contribution is -0.137. The molecular weight excluding hydrogens is 551 g/mol. The normalized spacial score (nSPS) is 12.1. The minimum Gasteiger partial charge on any atom is -0.460 e. The lowest BCUT2D eigenvalue weighted by Crippen LogP contribution is -2.35. The van der Waals surface area contributed by atoms with Crippen molar-refractivity contribution in [2.45, 2.75) is 40.0 Å². The molecule has 0 bridgehead atoms. The Bertz CT molecular complexity index is 1310. The number of fused-ring (bicyclic) bond motifs is 1. The highest BCUT2D eigenvalue weighted by atomic mass is 35.5. The van der Waals surface area contributed by atoms with Crippen LogP contribution in [-0.2, 0) is 28.8 Å². The second-order valence-corrected chi connectivity index (χ2v) is 7.87. The number of anilines is 1. The predicted molar refractivity (Wildman–Crippen MR) is 132 cm³/mol. The molecule has 0 aliphatic carbocycles. The van der Waals surface area contributed by atoms with E-state index in [1.165, 1.54) is 28.8 Å². The number of halogens is 6. The van der Waals surface area contributed by atoms with E-state index >= 15 is 0 Å². The smallest absolute Gasteiger partial charge is 0.416 e. The number of nitrogens with one attached hydrogen (secondary N) is 2. The van der Waals surface area contributed by atoms with Crippen molar-refractivity contribution in [1.29, 1.82) is 0 Å². The van der Waals surface area contributed by atoms with Crippen LogP contribution in [0.25, 0.3) is 0 Å². The zero-order valence-electron chi connectivity index (χ0n) is 21.0. The number of aromatic nitrogens is 2. The Morgan fingerprint density at radius 1 is 1.10 bits per heavy atom. The molecule has 2 aromatic carbocycles. The van der Waals surface area contributed by atoms with Gasteiger partial charge in [0.25, 0.3) is 5.91 Å². The lowest BCUT2D eigenvalue weighted by atomic mass is 10.1. The van der Waals surface area contributed by atoms with Crippen LogP contribution < -0.4 is 10.6 Å². The molecule has 0 atom stereocenters. The van der Waals surface area contributed by atoms with Crippen molar-refractivity contribution in [3.8, 4) is 0 Å². The molecule has 1 aliphatic heterocycles. The zero-order chi connectivity index (χ0) is 29.3. The predicted octanol–water partition coefficient (Wildman–Crippen LogP) is 5.61. The molecule has 3 aromatic rings. The molecule has 8 nitrogen and oxygen atoms in total. The second-order valence-electron chi connectivity index (χ2n) is 7.43. The Morgan fingerprint density at radius 2 is 1.74 bits per heavy atom. The molecule has 0 fully saturated rings. The van der Waals surface area contributed by atoms with Crippen LogP contribution in [0.1, 0.15) is 53.0 Å². The van der Waals surface area contributed by atoms with Gasteiger partial charge in [-0.05, 0) is 49.4 Å². The third-order valence-electron chi connectivity index (χ3n) is 4.81. The number of benzene rings is 2. The van der Waals surface area contributed by atoms with E-state index in [4.69, 9.17) is 16.3 Å². The van der Waals surface area contributed by atoms with Crippen molar-refractivity contribution in [3.05, 3.63) is 81.8 Å². The molecule has 39 heavy (non-hydrogen) atoms. The monoisotopic (exact) mass is 574 g/mol. The zero-order valence-corrected chi connectivity index (χ0v) is 21.7. The average molecular weight is 575 g/mol. The maximum atomic E-state index is 13.6. The summed E-state index contributed by atoms with van der Waals surface area (Å²) < 4.78 is 70.3. The summed E-state index contributed by atoms with van der Waals surface area (Å²) >= 11 is 5.44. The Balaban J connectivity index is 0.000000451. The van der Waals surface area contributed by atoms with Crippen LogP contribution in [0.2, 0.25) is 5.02 Å². The van der Waals surface area contributed by atoms with Gasteiger partial charge in [-0.25, -0.2) is 18.6 Å². The first-order valence-electron chi connectivity index (χ1n) is 11.5. The molecule has 2 heterocycles. The van der Waals surface area contributed by atoms with Crippen molar-refractivity contribution in [2.24, 2.45) is 0 Å². The first-order chi connectivity index (χ1) is 18.4. The minimum absolute atomic E-state index is 0.0401. The van der Waals surface area contributed by atoms with Crippen LogP contribution in [0, 0.1) is 11.6 Å². The molecule has 14 heteroatoms. The summed E-state index contributed by atoms with van der Waals surface area (Å²) in [6, 6.07) is 7.07. The van der Waals surface area contributed by atoms with Gasteiger partial charge >= 0.3 is 12.1 Å². The van der Waals surface area contributed by atoms with Crippen molar-refractivity contribution in [2.75, 3.05) is 11.9 Å². The topological polar surface area (TPSA) is 102 Å². The number of ether oxygens (including phenoxy) is 1. The van der Waals surface area contributed by atoms with Gasteiger partial charge in [0, 0.05) is 10.6 Å². The van der Waals surface area contributed by atoms with Crippen LogP contribution in [0.3, 0.4) is 0 Å². The van der Waals surface area contributed by atoms with Crippen LogP contribution in [-0.4, -0.2) is 33.9 Å². The third kappa shape index (κ3) is 8.50. The first kappa shape index (κ1) is 31.2. The molecule has 0 unspecified atom stereocenters. The van der Waals surface area contributed by atoms with E-state index in [0.717, 1.165) is 0 Å². The number of hydrogen-bond acceptors (Lipinski definition) is 5. The summed E-state index contributed by atoms with van der Waals surface area (Å²) in [5, 5.41) is 5.32. The summed E-state index contributed by atoms with van der Waals surface area (Å²) in [6.45, 7) is 5.26. The van der Waals surface area contributed by atoms with Crippen LogP contribution in [0.15, 0.2) is 42.5 Å². The fourth-order valence-electron chi connectivity index (χ4n) is 3.16. The van der Waals surface area contributed by atoms with Crippen LogP contribution in [0.5, 0.6) is 0 Å². The molecule has 0 spiro atoms. The third-order valence-corrected chi connectivity index (χ3v) is 5.06. The van der Waals surface area contributed by atoms with E-state index < -0.39 is 40.9 Å². The highest BCUT2D eigenvalue weighted by Gasteiger charge is 2.33. The van der Waals surface area contributed by atoms with E-state index in [2.05, 4.69) is 15.6 Å². The molecule has 0 saturated carbocycles. The highest BCUT2D eigenvalue weighted by Crippen LogP contribution is 2.31. The van der Waals surface area contributed by atoms with E-state index in [1.807, 2.05) is 13.8 Å². The van der Waals surface area contributed by atoms with Gasteiger partial charge in [0.2, 0.25) is 11.7 Å². The summed E-state index contributed by atoms with van der Waals surface area (Å²) in [5.41, 5.74) is -1.67. The maximum absolute atomic E-state index is 13.6. The lowest BCUT2D eigenvalue weighted by Gasteiger charge is -2.17. The fraction of sp³-hybridized carbons (Fsp3) is 0.280. The Kier molecular flexibility index (Phi) is 11.0. The Morgan fingerprint density at radius 3 is 2.31 bits per heavy atom. The Labute approximate surface area is 225 Å². The quantitative estimate of drug-likeness (QED) is 0.312. The van der Waals surface area contributed by atoms with Crippen molar-refractivity contribution in [1.82, 2.24) is 14.9 Å². The molecule has 2 amide bonds. The van der Waals surface area contributed by atoms with Crippen molar-refractivity contribution in [3.63, 3.8) is 0 Å². The van der Waals surface area contributed by atoms with E-state index in [1.54, 1.807) is 6.92 Å². The van der Waals surface area contributed by atoms with Crippen molar-refractivity contribution >= 4 is 35.2 Å². The molecule has 0 radical (unpaired) electrons. The average Bonchev–Trinajstić information content (AvgIpc) is 3.24. The number of nitrogens with zero attached hydrogens (tertiary/aromatic N) is 2. The maximum Gasteiger partial charge on any atom is 0.416 e. The number of amides is 2. The van der Waals surface area contributed by atoms with Gasteiger partial charge in [0.05, 0.1) is 24.4 Å². The standard InChI is InChI=1S/C17H14F4N4O4.C6H4ClF.C2H6/c1-2-29-16(28)14-23-13(11-6-22-12(26)7-25(11)14)24-15(27)8-3-9(17(19,20)21)5-10(18)4-8;7-5-1-3-6(8)4-2-5;1-2/h3-5H,2,6-7H2,1H3,(H,22,26)(H,24,27);1-4H;1-2H3. The van der Waals surface area contributed by atoms with Crippen molar-refractivity contribution < 1.29 is 41.1 Å². The molecule has 2 N–H and O–H groups in total. The van der Waals surface area contributed by atoms with E-state index in [9.17, 15) is 36.3 Å². The number of imidazole rings is 1. The van der Waals surface area contributed by atoms with Gasteiger partial charge < -0.3 is 19.9 Å². The van der Waals surface area contributed by atoms with Gasteiger partial charge in [-0.2, -0.15) is 13.2 Å². The molecule has 1 aliphatic rings. The number of alkyl halides is 3.